The molecule has 0 bridgehead atoms. The fourth-order valence-corrected chi connectivity index (χ4v) is 1.33. The number of ketones is 1. The number of amides is 2. The first-order chi connectivity index (χ1) is 8.18. The Kier molecular flexibility index (Phi) is 5.77. The molecule has 0 atom stereocenters. The van der Waals surface area contributed by atoms with Crippen molar-refractivity contribution in [2.75, 3.05) is 13.1 Å². The van der Waals surface area contributed by atoms with Crippen LogP contribution in [0.5, 0.6) is 0 Å². The van der Waals surface area contributed by atoms with E-state index in [2.05, 4.69) is 20.6 Å². The summed E-state index contributed by atoms with van der Waals surface area (Å²) in [5.41, 5.74) is 0.988. The number of aromatic amines is 1. The topological polar surface area (TPSA) is 86.9 Å². The normalized spacial score (nSPS) is 9.94. The third kappa shape index (κ3) is 6.34. The van der Waals surface area contributed by atoms with Gasteiger partial charge in [0, 0.05) is 37.8 Å². The average molecular weight is 238 g/mol. The standard InChI is InChI=1S/C11H18N4O2/c1-9(16)3-2-5-13-11(17)14-6-4-10-7-12-8-15-10/h7-8H,2-6H2,1H3,(H,12,15)(H2,13,14,17). The maximum absolute atomic E-state index is 11.3. The molecule has 1 aromatic heterocycles. The lowest BCUT2D eigenvalue weighted by Gasteiger charge is -2.06. The molecule has 94 valence electrons. The number of Topliss-reactive ketones (excluding diaryl/α,β-unsaturated/α-hetero) is 1. The average Bonchev–Trinajstić information content (AvgIpc) is 2.77. The minimum absolute atomic E-state index is 0.145. The molecule has 0 fully saturated rings. The van der Waals surface area contributed by atoms with Crippen molar-refractivity contribution in [2.45, 2.75) is 26.2 Å². The highest BCUT2D eigenvalue weighted by Gasteiger charge is 2.00. The second-order valence-corrected chi connectivity index (χ2v) is 3.82. The van der Waals surface area contributed by atoms with Gasteiger partial charge in [-0.15, -0.1) is 0 Å². The molecule has 0 radical (unpaired) electrons. The highest BCUT2D eigenvalue weighted by molar-refractivity contribution is 5.76. The molecule has 1 rings (SSSR count). The van der Waals surface area contributed by atoms with E-state index in [0.717, 1.165) is 12.1 Å². The second-order valence-electron chi connectivity index (χ2n) is 3.82. The quantitative estimate of drug-likeness (QED) is 0.608. The molecule has 3 N–H and O–H groups in total. The first kappa shape index (κ1) is 13.2. The number of rotatable bonds is 7. The van der Waals surface area contributed by atoms with Gasteiger partial charge in [-0.25, -0.2) is 9.78 Å². The number of nitrogens with zero attached hydrogens (tertiary/aromatic N) is 1. The number of hydrogen-bond donors (Lipinski definition) is 3. The smallest absolute Gasteiger partial charge is 0.314 e. The summed E-state index contributed by atoms with van der Waals surface area (Å²) in [5.74, 6) is 0.145. The lowest BCUT2D eigenvalue weighted by atomic mass is 10.2. The van der Waals surface area contributed by atoms with Crippen LogP contribution in [0.15, 0.2) is 12.5 Å². The number of hydrogen-bond acceptors (Lipinski definition) is 3. The Labute approximate surface area is 100 Å². The number of H-pyrrole nitrogens is 1. The van der Waals surface area contributed by atoms with E-state index < -0.39 is 0 Å². The van der Waals surface area contributed by atoms with Crippen LogP contribution in [0.25, 0.3) is 0 Å². The molecule has 1 heterocycles. The number of aromatic nitrogens is 2. The van der Waals surface area contributed by atoms with E-state index in [4.69, 9.17) is 0 Å². The third-order valence-corrected chi connectivity index (χ3v) is 2.23. The summed E-state index contributed by atoms with van der Waals surface area (Å²) in [5, 5.41) is 5.42. The second kappa shape index (κ2) is 7.43. The summed E-state index contributed by atoms with van der Waals surface area (Å²) in [6.07, 6.45) is 5.25. The monoisotopic (exact) mass is 238 g/mol. The Balaban J connectivity index is 1.99. The van der Waals surface area contributed by atoms with E-state index in [9.17, 15) is 9.59 Å². The molecule has 0 aliphatic heterocycles. The molecule has 0 unspecified atom stereocenters. The van der Waals surface area contributed by atoms with Crippen molar-refractivity contribution in [3.05, 3.63) is 18.2 Å². The molecule has 6 nitrogen and oxygen atoms in total. The van der Waals surface area contributed by atoms with Crippen LogP contribution < -0.4 is 10.6 Å². The number of carbonyl (C=O) groups is 2. The Morgan fingerprint density at radius 3 is 2.76 bits per heavy atom. The molecular formula is C11H18N4O2. The largest absolute Gasteiger partial charge is 0.348 e. The van der Waals surface area contributed by atoms with Gasteiger partial charge in [-0.3, -0.25) is 0 Å². The minimum atomic E-state index is -0.201. The van der Waals surface area contributed by atoms with E-state index in [-0.39, 0.29) is 11.8 Å². The van der Waals surface area contributed by atoms with Crippen molar-refractivity contribution in [2.24, 2.45) is 0 Å². The lowest BCUT2D eigenvalue weighted by molar-refractivity contribution is -0.117. The summed E-state index contributed by atoms with van der Waals surface area (Å²) in [7, 11) is 0. The van der Waals surface area contributed by atoms with Crippen molar-refractivity contribution in [3.63, 3.8) is 0 Å². The third-order valence-electron chi connectivity index (χ3n) is 2.23. The number of carbonyl (C=O) groups excluding carboxylic acids is 2. The van der Waals surface area contributed by atoms with Crippen LogP contribution in [0.1, 0.15) is 25.5 Å². The Bertz CT molecular complexity index is 348. The van der Waals surface area contributed by atoms with Gasteiger partial charge in [0.2, 0.25) is 0 Å². The van der Waals surface area contributed by atoms with Crippen LogP contribution in [0.3, 0.4) is 0 Å². The molecule has 1 aromatic rings. The molecule has 17 heavy (non-hydrogen) atoms. The molecule has 2 amide bonds. The van der Waals surface area contributed by atoms with Gasteiger partial charge in [0.1, 0.15) is 5.78 Å². The zero-order chi connectivity index (χ0) is 12.5. The molecular weight excluding hydrogens is 220 g/mol. The Hall–Kier alpha value is -1.85. The van der Waals surface area contributed by atoms with Crippen LogP contribution in [-0.2, 0) is 11.2 Å². The van der Waals surface area contributed by atoms with Crippen molar-refractivity contribution in [3.8, 4) is 0 Å². The van der Waals surface area contributed by atoms with Gasteiger partial charge in [0.15, 0.2) is 0 Å². The number of nitrogens with one attached hydrogen (secondary N) is 3. The van der Waals surface area contributed by atoms with E-state index >= 15 is 0 Å². The first-order valence-electron chi connectivity index (χ1n) is 5.67. The number of urea groups is 1. The van der Waals surface area contributed by atoms with Gasteiger partial charge in [-0.05, 0) is 13.3 Å². The van der Waals surface area contributed by atoms with Gasteiger partial charge < -0.3 is 20.4 Å². The molecule has 0 saturated carbocycles. The summed E-state index contributed by atoms with van der Waals surface area (Å²) in [6.45, 7) is 2.63. The van der Waals surface area contributed by atoms with Crippen molar-refractivity contribution in [1.82, 2.24) is 20.6 Å². The lowest BCUT2D eigenvalue weighted by Crippen LogP contribution is -2.37. The maximum atomic E-state index is 11.3. The molecule has 0 aliphatic rings. The van der Waals surface area contributed by atoms with Gasteiger partial charge in [-0.1, -0.05) is 0 Å². The van der Waals surface area contributed by atoms with Crippen molar-refractivity contribution < 1.29 is 9.59 Å². The van der Waals surface area contributed by atoms with E-state index in [1.807, 2.05) is 0 Å². The van der Waals surface area contributed by atoms with Gasteiger partial charge in [-0.2, -0.15) is 0 Å². The SMILES string of the molecule is CC(=O)CCCNC(=O)NCCc1cnc[nH]1. The highest BCUT2D eigenvalue weighted by Crippen LogP contribution is 1.90. The molecule has 6 heteroatoms. The molecule has 0 spiro atoms. The highest BCUT2D eigenvalue weighted by atomic mass is 16.2. The van der Waals surface area contributed by atoms with Crippen molar-refractivity contribution in [1.29, 1.82) is 0 Å². The summed E-state index contributed by atoms with van der Waals surface area (Å²) in [6, 6.07) is -0.201. The summed E-state index contributed by atoms with van der Waals surface area (Å²) < 4.78 is 0. The minimum Gasteiger partial charge on any atom is -0.348 e. The zero-order valence-electron chi connectivity index (χ0n) is 9.95. The summed E-state index contributed by atoms with van der Waals surface area (Å²) in [4.78, 5) is 28.8. The van der Waals surface area contributed by atoms with Crippen LogP contribution in [0.2, 0.25) is 0 Å². The first-order valence-corrected chi connectivity index (χ1v) is 5.67. The predicted octanol–water partition coefficient (Wildman–Crippen LogP) is 0.621. The van der Waals surface area contributed by atoms with Crippen LogP contribution >= 0.6 is 0 Å². The van der Waals surface area contributed by atoms with Crippen molar-refractivity contribution >= 4 is 11.8 Å². The van der Waals surface area contributed by atoms with Crippen LogP contribution in [-0.4, -0.2) is 34.9 Å². The molecule has 0 aliphatic carbocycles. The fraction of sp³-hybridized carbons (Fsp3) is 0.545. The number of imidazole rings is 1. The fourth-order valence-electron chi connectivity index (χ4n) is 1.33. The predicted molar refractivity (Wildman–Crippen MR) is 63.6 cm³/mol. The van der Waals surface area contributed by atoms with Crippen LogP contribution in [0.4, 0.5) is 4.79 Å². The zero-order valence-corrected chi connectivity index (χ0v) is 9.95. The van der Waals surface area contributed by atoms with Gasteiger partial charge >= 0.3 is 6.03 Å². The maximum Gasteiger partial charge on any atom is 0.314 e. The van der Waals surface area contributed by atoms with Gasteiger partial charge in [0.25, 0.3) is 0 Å². The molecule has 0 aromatic carbocycles. The van der Waals surface area contributed by atoms with Crippen LogP contribution in [0, 0.1) is 0 Å². The van der Waals surface area contributed by atoms with E-state index in [1.165, 1.54) is 0 Å². The Morgan fingerprint density at radius 2 is 2.12 bits per heavy atom. The van der Waals surface area contributed by atoms with E-state index in [1.54, 1.807) is 19.4 Å². The molecule has 0 saturated heterocycles. The Morgan fingerprint density at radius 1 is 1.35 bits per heavy atom. The van der Waals surface area contributed by atoms with Gasteiger partial charge in [0.05, 0.1) is 6.33 Å². The summed E-state index contributed by atoms with van der Waals surface area (Å²) >= 11 is 0. The van der Waals surface area contributed by atoms with E-state index in [0.29, 0.717) is 25.9 Å².